The number of aliphatic hydroxyl groups excluding tert-OH is 1. The number of ether oxygens (including phenoxy) is 1. The van der Waals surface area contributed by atoms with Gasteiger partial charge in [-0.3, -0.25) is 0 Å². The van der Waals surface area contributed by atoms with Crippen molar-refractivity contribution in [1.82, 2.24) is 0 Å². The molecule has 14 heavy (non-hydrogen) atoms. The third-order valence-electron chi connectivity index (χ3n) is 1.57. The number of carbonyl (C=O) groups excluding carboxylic acids is 1. The van der Waals surface area contributed by atoms with Crippen LogP contribution in [-0.4, -0.2) is 28.9 Å². The first-order chi connectivity index (χ1) is 6.66. The van der Waals surface area contributed by atoms with Gasteiger partial charge in [-0.15, -0.1) is 0 Å². The Labute approximate surface area is 79.6 Å². The van der Waals surface area contributed by atoms with Gasteiger partial charge in [-0.05, 0) is 12.1 Å². The molecule has 1 rings (SSSR count). The fourth-order valence-corrected chi connectivity index (χ4v) is 0.984. The van der Waals surface area contributed by atoms with E-state index in [9.17, 15) is 9.59 Å². The first-order valence-corrected chi connectivity index (χ1v) is 3.77. The molecule has 0 amide bonds. The van der Waals surface area contributed by atoms with Gasteiger partial charge in [0.1, 0.15) is 0 Å². The molecule has 0 saturated heterocycles. The number of rotatable bonds is 3. The number of carboxylic acid groups (broad SMARTS) is 1. The summed E-state index contributed by atoms with van der Waals surface area (Å²) in [6.45, 7) is -0.771. The van der Waals surface area contributed by atoms with Gasteiger partial charge in [0.15, 0.2) is 6.79 Å². The highest BCUT2D eigenvalue weighted by Crippen LogP contribution is 2.09. The van der Waals surface area contributed by atoms with Crippen LogP contribution in [0.25, 0.3) is 0 Å². The lowest BCUT2D eigenvalue weighted by atomic mass is 10.1. The van der Waals surface area contributed by atoms with Gasteiger partial charge in [-0.2, -0.15) is 0 Å². The van der Waals surface area contributed by atoms with Crippen LogP contribution in [0.15, 0.2) is 24.3 Å². The van der Waals surface area contributed by atoms with E-state index in [1.165, 1.54) is 24.3 Å². The van der Waals surface area contributed by atoms with Crippen molar-refractivity contribution < 1.29 is 24.5 Å². The standard InChI is InChI=1S/C9H8O5/c10-5-14-9(13)7-4-2-1-3-6(7)8(11)12/h1-4,10H,5H2,(H,11,12). The third kappa shape index (κ3) is 2.08. The molecule has 0 fully saturated rings. The highest BCUT2D eigenvalue weighted by atomic mass is 16.6. The van der Waals surface area contributed by atoms with Crippen molar-refractivity contribution >= 4 is 11.9 Å². The molecular formula is C9H8O5. The summed E-state index contributed by atoms with van der Waals surface area (Å²) in [5, 5.41) is 17.0. The van der Waals surface area contributed by atoms with Crippen LogP contribution in [0, 0.1) is 0 Å². The van der Waals surface area contributed by atoms with Crippen LogP contribution >= 0.6 is 0 Å². The average molecular weight is 196 g/mol. The SMILES string of the molecule is O=C(O)c1ccccc1C(=O)OCO. The molecule has 1 aromatic carbocycles. The maximum atomic E-state index is 11.1. The van der Waals surface area contributed by atoms with E-state index in [2.05, 4.69) is 4.74 Å². The summed E-state index contributed by atoms with van der Waals surface area (Å²) in [6.07, 6.45) is 0. The second-order valence-corrected chi connectivity index (χ2v) is 2.41. The molecular weight excluding hydrogens is 188 g/mol. The zero-order chi connectivity index (χ0) is 10.6. The fraction of sp³-hybridized carbons (Fsp3) is 0.111. The summed E-state index contributed by atoms with van der Waals surface area (Å²) in [7, 11) is 0. The fourth-order valence-electron chi connectivity index (χ4n) is 0.984. The molecule has 0 aliphatic rings. The van der Waals surface area contributed by atoms with Gasteiger partial charge in [-0.1, -0.05) is 12.1 Å². The van der Waals surface area contributed by atoms with E-state index in [1.54, 1.807) is 0 Å². The van der Waals surface area contributed by atoms with E-state index in [0.717, 1.165) is 0 Å². The van der Waals surface area contributed by atoms with E-state index < -0.39 is 18.7 Å². The van der Waals surface area contributed by atoms with Gasteiger partial charge >= 0.3 is 11.9 Å². The topological polar surface area (TPSA) is 83.8 Å². The molecule has 2 N–H and O–H groups in total. The Morgan fingerprint density at radius 3 is 2.29 bits per heavy atom. The number of hydrogen-bond acceptors (Lipinski definition) is 4. The predicted molar refractivity (Wildman–Crippen MR) is 45.9 cm³/mol. The molecule has 0 atom stereocenters. The summed E-state index contributed by atoms with van der Waals surface area (Å²) >= 11 is 0. The largest absolute Gasteiger partial charge is 0.478 e. The van der Waals surface area contributed by atoms with E-state index in [-0.39, 0.29) is 11.1 Å². The van der Waals surface area contributed by atoms with Gasteiger partial charge in [0.2, 0.25) is 0 Å². The summed E-state index contributed by atoms with van der Waals surface area (Å²) in [5.41, 5.74) is -0.222. The molecule has 0 radical (unpaired) electrons. The zero-order valence-corrected chi connectivity index (χ0v) is 7.14. The molecule has 0 aromatic heterocycles. The molecule has 0 bridgehead atoms. The third-order valence-corrected chi connectivity index (χ3v) is 1.57. The van der Waals surface area contributed by atoms with E-state index >= 15 is 0 Å². The van der Waals surface area contributed by atoms with Crippen molar-refractivity contribution in [3.63, 3.8) is 0 Å². The lowest BCUT2D eigenvalue weighted by Gasteiger charge is -2.03. The van der Waals surface area contributed by atoms with Crippen LogP contribution in [-0.2, 0) is 4.74 Å². The number of benzene rings is 1. The van der Waals surface area contributed by atoms with Crippen LogP contribution in [0.4, 0.5) is 0 Å². The highest BCUT2D eigenvalue weighted by Gasteiger charge is 2.16. The van der Waals surface area contributed by atoms with Crippen molar-refractivity contribution in [3.8, 4) is 0 Å². The smallest absolute Gasteiger partial charge is 0.341 e. The zero-order valence-electron chi connectivity index (χ0n) is 7.14. The van der Waals surface area contributed by atoms with Crippen molar-refractivity contribution in [2.24, 2.45) is 0 Å². The Morgan fingerprint density at radius 2 is 1.79 bits per heavy atom. The molecule has 0 unspecified atom stereocenters. The van der Waals surface area contributed by atoms with Crippen molar-refractivity contribution in [2.75, 3.05) is 6.79 Å². The van der Waals surface area contributed by atoms with Crippen molar-refractivity contribution in [1.29, 1.82) is 0 Å². The molecule has 0 aliphatic heterocycles. The number of aliphatic hydroxyl groups is 1. The Bertz CT molecular complexity index is 358. The molecule has 5 heteroatoms. The summed E-state index contributed by atoms with van der Waals surface area (Å²) < 4.78 is 4.27. The summed E-state index contributed by atoms with van der Waals surface area (Å²) in [5.74, 6) is -2.07. The van der Waals surface area contributed by atoms with Crippen LogP contribution in [0.5, 0.6) is 0 Å². The number of carbonyl (C=O) groups is 2. The Hall–Kier alpha value is -1.88. The van der Waals surface area contributed by atoms with Crippen LogP contribution in [0.2, 0.25) is 0 Å². The molecule has 0 heterocycles. The number of esters is 1. The normalized spacial score (nSPS) is 9.50. The Morgan fingerprint density at radius 1 is 1.21 bits per heavy atom. The van der Waals surface area contributed by atoms with E-state index in [0.29, 0.717) is 0 Å². The first kappa shape index (κ1) is 10.2. The number of carboxylic acids is 1. The molecule has 74 valence electrons. The minimum absolute atomic E-state index is 0.0750. The highest BCUT2D eigenvalue weighted by molar-refractivity contribution is 6.02. The van der Waals surface area contributed by atoms with Crippen molar-refractivity contribution in [2.45, 2.75) is 0 Å². The first-order valence-electron chi connectivity index (χ1n) is 3.77. The van der Waals surface area contributed by atoms with Crippen LogP contribution in [0.3, 0.4) is 0 Å². The van der Waals surface area contributed by atoms with Gasteiger partial charge < -0.3 is 14.9 Å². The van der Waals surface area contributed by atoms with Gasteiger partial charge in [0, 0.05) is 0 Å². The quantitative estimate of drug-likeness (QED) is 0.543. The van der Waals surface area contributed by atoms with Gasteiger partial charge in [-0.25, -0.2) is 9.59 Å². The molecule has 0 saturated carbocycles. The summed E-state index contributed by atoms with van der Waals surface area (Å²) in [6, 6.07) is 5.62. The lowest BCUT2D eigenvalue weighted by molar-refractivity contribution is 0.00651. The monoisotopic (exact) mass is 196 g/mol. The van der Waals surface area contributed by atoms with E-state index in [1.807, 2.05) is 0 Å². The number of aromatic carboxylic acids is 1. The molecule has 5 nitrogen and oxygen atoms in total. The maximum absolute atomic E-state index is 11.1. The lowest BCUT2D eigenvalue weighted by Crippen LogP contribution is -2.11. The van der Waals surface area contributed by atoms with Crippen LogP contribution in [0.1, 0.15) is 20.7 Å². The second kappa shape index (κ2) is 4.38. The average Bonchev–Trinajstić information content (AvgIpc) is 2.18. The Balaban J connectivity index is 3.07. The molecule has 1 aromatic rings. The second-order valence-electron chi connectivity index (χ2n) is 2.41. The Kier molecular flexibility index (Phi) is 3.19. The van der Waals surface area contributed by atoms with E-state index in [4.69, 9.17) is 10.2 Å². The minimum atomic E-state index is -1.21. The maximum Gasteiger partial charge on any atom is 0.341 e. The van der Waals surface area contributed by atoms with Gasteiger partial charge in [0.25, 0.3) is 0 Å². The number of hydrogen-bond donors (Lipinski definition) is 2. The van der Waals surface area contributed by atoms with Gasteiger partial charge in [0.05, 0.1) is 11.1 Å². The van der Waals surface area contributed by atoms with Crippen molar-refractivity contribution in [3.05, 3.63) is 35.4 Å². The van der Waals surface area contributed by atoms with Crippen LogP contribution < -0.4 is 0 Å². The summed E-state index contributed by atoms with van der Waals surface area (Å²) in [4.78, 5) is 21.8. The predicted octanol–water partition coefficient (Wildman–Crippen LogP) is 0.491. The molecule has 0 aliphatic carbocycles. The minimum Gasteiger partial charge on any atom is -0.478 e. The molecule has 0 spiro atoms.